The number of rotatable bonds is 4. The number of fused-ring (bicyclic) bond motifs is 9. The van der Waals surface area contributed by atoms with E-state index in [1.165, 1.54) is 5.39 Å². The number of hydrogen-bond donors (Lipinski definition) is 0. The first-order chi connectivity index (χ1) is 26.3. The number of aromatic nitrogens is 4. The highest BCUT2D eigenvalue weighted by Crippen LogP contribution is 2.42. The SMILES string of the molecule is c1ccc(-c2nc(-c3ccc(-c4cccc5oc6ccccc6c45)c4ccccc34)nc(-c3cccc4c3ccc3cnc5ccccc5c34)n2)cc1. The standard InChI is InChI=1S/C48H28N4O/c1-2-12-29(13-3-1)46-50-47(37-20-10-18-35-34(37)25-24-30-28-49-41-21-8-6-16-39(41)44(30)35)52-48(51-46)38-27-26-33(31-14-4-5-15-32(31)38)36-19-11-23-43-45(36)40-17-7-9-22-42(40)53-43/h1-28H. The van der Waals surface area contributed by atoms with Crippen LogP contribution >= 0.6 is 0 Å². The molecule has 0 aliphatic rings. The number of pyridine rings is 1. The van der Waals surface area contributed by atoms with E-state index in [9.17, 15) is 0 Å². The van der Waals surface area contributed by atoms with Crippen LogP contribution in [-0.2, 0) is 0 Å². The molecule has 0 atom stereocenters. The molecule has 0 aliphatic heterocycles. The second-order valence-corrected chi connectivity index (χ2v) is 13.4. The fourth-order valence-electron chi connectivity index (χ4n) is 7.98. The van der Waals surface area contributed by atoms with Crippen molar-refractivity contribution in [1.82, 2.24) is 19.9 Å². The number of nitrogens with zero attached hydrogens (tertiary/aromatic N) is 4. The van der Waals surface area contributed by atoms with Gasteiger partial charge in [0.2, 0.25) is 0 Å². The van der Waals surface area contributed by atoms with Crippen molar-refractivity contribution in [1.29, 1.82) is 0 Å². The molecule has 3 aromatic heterocycles. The molecule has 0 saturated carbocycles. The van der Waals surface area contributed by atoms with Gasteiger partial charge in [-0.15, -0.1) is 0 Å². The number of hydrogen-bond acceptors (Lipinski definition) is 5. The van der Waals surface area contributed by atoms with E-state index in [1.807, 2.05) is 48.7 Å². The highest BCUT2D eigenvalue weighted by molar-refractivity contribution is 6.21. The minimum Gasteiger partial charge on any atom is -0.456 e. The predicted octanol–water partition coefficient (Wildman–Crippen LogP) is 12.4. The molecule has 246 valence electrons. The van der Waals surface area contributed by atoms with Crippen molar-refractivity contribution in [3.63, 3.8) is 0 Å². The van der Waals surface area contributed by atoms with E-state index in [0.29, 0.717) is 17.5 Å². The lowest BCUT2D eigenvalue weighted by Gasteiger charge is -2.14. The van der Waals surface area contributed by atoms with Crippen LogP contribution in [0.2, 0.25) is 0 Å². The first-order valence-electron chi connectivity index (χ1n) is 17.7. The maximum absolute atomic E-state index is 6.28. The van der Waals surface area contributed by atoms with Crippen LogP contribution in [0.3, 0.4) is 0 Å². The van der Waals surface area contributed by atoms with Crippen LogP contribution in [0.15, 0.2) is 174 Å². The summed E-state index contributed by atoms with van der Waals surface area (Å²) in [6.07, 6.45) is 1.96. The van der Waals surface area contributed by atoms with Crippen LogP contribution in [0.1, 0.15) is 0 Å². The third kappa shape index (κ3) is 4.64. The van der Waals surface area contributed by atoms with Crippen molar-refractivity contribution in [3.05, 3.63) is 170 Å². The second-order valence-electron chi connectivity index (χ2n) is 13.4. The van der Waals surface area contributed by atoms with Crippen molar-refractivity contribution < 1.29 is 4.42 Å². The number of furan rings is 1. The van der Waals surface area contributed by atoms with E-state index in [4.69, 9.17) is 24.4 Å². The van der Waals surface area contributed by atoms with Crippen molar-refractivity contribution in [3.8, 4) is 45.3 Å². The summed E-state index contributed by atoms with van der Waals surface area (Å²) in [5.41, 5.74) is 7.80. The molecule has 11 rings (SSSR count). The van der Waals surface area contributed by atoms with Crippen LogP contribution in [-0.4, -0.2) is 19.9 Å². The molecule has 3 heterocycles. The highest BCUT2D eigenvalue weighted by atomic mass is 16.3. The minimum absolute atomic E-state index is 0.621. The molecule has 53 heavy (non-hydrogen) atoms. The zero-order chi connectivity index (χ0) is 34.9. The van der Waals surface area contributed by atoms with E-state index < -0.39 is 0 Å². The molecule has 0 N–H and O–H groups in total. The van der Waals surface area contributed by atoms with Crippen LogP contribution in [0, 0.1) is 0 Å². The molecule has 0 fully saturated rings. The molecule has 5 heteroatoms. The Hall–Kier alpha value is -7.24. The lowest BCUT2D eigenvalue weighted by atomic mass is 9.92. The zero-order valence-electron chi connectivity index (χ0n) is 28.4. The van der Waals surface area contributed by atoms with Gasteiger partial charge < -0.3 is 4.42 Å². The molecule has 0 bridgehead atoms. The summed E-state index contributed by atoms with van der Waals surface area (Å²) >= 11 is 0. The van der Waals surface area contributed by atoms with E-state index >= 15 is 0 Å². The summed E-state index contributed by atoms with van der Waals surface area (Å²) in [5.74, 6) is 1.87. The van der Waals surface area contributed by atoms with E-state index in [1.54, 1.807) is 0 Å². The summed E-state index contributed by atoms with van der Waals surface area (Å²) in [6, 6.07) is 56.6. The van der Waals surface area contributed by atoms with E-state index in [2.05, 4.69) is 121 Å². The summed E-state index contributed by atoms with van der Waals surface area (Å²) < 4.78 is 6.28. The van der Waals surface area contributed by atoms with Crippen molar-refractivity contribution in [2.45, 2.75) is 0 Å². The van der Waals surface area contributed by atoms with Gasteiger partial charge in [-0.25, -0.2) is 15.0 Å². The smallest absolute Gasteiger partial charge is 0.164 e. The molecule has 0 amide bonds. The Labute approximate surface area is 303 Å². The summed E-state index contributed by atoms with van der Waals surface area (Å²) in [6.45, 7) is 0. The van der Waals surface area contributed by atoms with Crippen LogP contribution in [0.25, 0.3) is 110 Å². The minimum atomic E-state index is 0.621. The molecule has 5 nitrogen and oxygen atoms in total. The molecule has 8 aromatic carbocycles. The van der Waals surface area contributed by atoms with Gasteiger partial charge in [-0.1, -0.05) is 140 Å². The summed E-state index contributed by atoms with van der Waals surface area (Å²) in [4.78, 5) is 20.3. The lowest BCUT2D eigenvalue weighted by Crippen LogP contribution is -2.01. The maximum atomic E-state index is 6.28. The second kappa shape index (κ2) is 11.7. The highest BCUT2D eigenvalue weighted by Gasteiger charge is 2.20. The quantitative estimate of drug-likeness (QED) is 0.174. The van der Waals surface area contributed by atoms with E-state index in [0.717, 1.165) is 87.6 Å². The van der Waals surface area contributed by atoms with Gasteiger partial charge in [0.1, 0.15) is 11.2 Å². The Kier molecular flexibility index (Phi) is 6.48. The van der Waals surface area contributed by atoms with E-state index in [-0.39, 0.29) is 0 Å². The first-order valence-corrected chi connectivity index (χ1v) is 17.7. The Morgan fingerprint density at radius 1 is 0.340 bits per heavy atom. The topological polar surface area (TPSA) is 64.7 Å². The largest absolute Gasteiger partial charge is 0.456 e. The molecular formula is C48H28N4O. The molecule has 0 unspecified atom stereocenters. The Morgan fingerprint density at radius 2 is 0.925 bits per heavy atom. The molecular weight excluding hydrogens is 649 g/mol. The van der Waals surface area contributed by atoms with Crippen molar-refractivity contribution in [2.24, 2.45) is 0 Å². The number of para-hydroxylation sites is 2. The molecule has 0 spiro atoms. The Bertz CT molecular complexity index is 3240. The summed E-state index contributed by atoms with van der Waals surface area (Å²) in [7, 11) is 0. The van der Waals surface area contributed by atoms with Crippen LogP contribution < -0.4 is 0 Å². The summed E-state index contributed by atoms with van der Waals surface area (Å²) in [5, 5.41) is 10.0. The van der Waals surface area contributed by atoms with Gasteiger partial charge in [0, 0.05) is 49.8 Å². The fourth-order valence-corrected chi connectivity index (χ4v) is 7.98. The average molecular weight is 677 g/mol. The average Bonchev–Trinajstić information content (AvgIpc) is 3.62. The van der Waals surface area contributed by atoms with Gasteiger partial charge in [0.05, 0.1) is 5.52 Å². The Morgan fingerprint density at radius 3 is 1.77 bits per heavy atom. The van der Waals surface area contributed by atoms with Crippen molar-refractivity contribution >= 4 is 65.2 Å². The third-order valence-corrected chi connectivity index (χ3v) is 10.4. The van der Waals surface area contributed by atoms with Gasteiger partial charge >= 0.3 is 0 Å². The van der Waals surface area contributed by atoms with Crippen LogP contribution in [0.5, 0.6) is 0 Å². The first kappa shape index (κ1) is 29.5. The zero-order valence-corrected chi connectivity index (χ0v) is 28.4. The lowest BCUT2D eigenvalue weighted by molar-refractivity contribution is 0.669. The molecule has 0 saturated heterocycles. The monoisotopic (exact) mass is 676 g/mol. The van der Waals surface area contributed by atoms with Gasteiger partial charge in [-0.3, -0.25) is 4.98 Å². The molecule has 0 aliphatic carbocycles. The normalized spacial score (nSPS) is 11.8. The number of benzene rings is 8. The third-order valence-electron chi connectivity index (χ3n) is 10.4. The predicted molar refractivity (Wildman–Crippen MR) is 217 cm³/mol. The molecule has 0 radical (unpaired) electrons. The molecule has 11 aromatic rings. The van der Waals surface area contributed by atoms with Gasteiger partial charge in [-0.2, -0.15) is 0 Å². The van der Waals surface area contributed by atoms with Gasteiger partial charge in [0.15, 0.2) is 17.5 Å². The fraction of sp³-hybridized carbons (Fsp3) is 0. The maximum Gasteiger partial charge on any atom is 0.164 e. The Balaban J connectivity index is 1.16. The van der Waals surface area contributed by atoms with Gasteiger partial charge in [-0.05, 0) is 56.9 Å². The van der Waals surface area contributed by atoms with Crippen molar-refractivity contribution in [2.75, 3.05) is 0 Å². The van der Waals surface area contributed by atoms with Crippen LogP contribution in [0.4, 0.5) is 0 Å². The van der Waals surface area contributed by atoms with Gasteiger partial charge in [0.25, 0.3) is 0 Å².